The van der Waals surface area contributed by atoms with Crippen LogP contribution in [0.15, 0.2) is 60.7 Å². The molecule has 0 saturated carbocycles. The van der Waals surface area contributed by atoms with E-state index in [0.717, 1.165) is 35.9 Å². The number of aromatic nitrogens is 2. The predicted octanol–water partition coefficient (Wildman–Crippen LogP) is 5.16. The zero-order valence-corrected chi connectivity index (χ0v) is 18.0. The van der Waals surface area contributed by atoms with Crippen molar-refractivity contribution < 1.29 is 0 Å². The van der Waals surface area contributed by atoms with E-state index in [1.54, 1.807) is 0 Å². The number of benzene rings is 2. The lowest BCUT2D eigenvalue weighted by atomic mass is 9.86. The second-order valence-corrected chi connectivity index (χ2v) is 8.48. The first-order valence-corrected chi connectivity index (χ1v) is 10.0. The van der Waals surface area contributed by atoms with Crippen LogP contribution in [0.25, 0.3) is 11.3 Å². The Morgan fingerprint density at radius 3 is 2.28 bits per heavy atom. The Hall–Kier alpha value is -2.92. The molecule has 1 aromatic heterocycles. The SMILES string of the molecule is CN(C)CCNc1cc(-c2ccccc2)nc(Nc2ccccc2C(C)(C)C)n1. The van der Waals surface area contributed by atoms with Gasteiger partial charge in [0.2, 0.25) is 5.95 Å². The van der Waals surface area contributed by atoms with Gasteiger partial charge in [-0.25, -0.2) is 4.98 Å². The van der Waals surface area contributed by atoms with E-state index in [1.165, 1.54) is 5.56 Å². The Labute approximate surface area is 174 Å². The third-order valence-corrected chi connectivity index (χ3v) is 4.64. The number of nitrogens with zero attached hydrogens (tertiary/aromatic N) is 3. The van der Waals surface area contributed by atoms with E-state index in [2.05, 4.69) is 80.7 Å². The molecule has 2 aromatic carbocycles. The topological polar surface area (TPSA) is 53.1 Å². The average molecular weight is 390 g/mol. The van der Waals surface area contributed by atoms with Crippen molar-refractivity contribution in [2.24, 2.45) is 0 Å². The van der Waals surface area contributed by atoms with Crippen LogP contribution in [-0.4, -0.2) is 42.1 Å². The maximum absolute atomic E-state index is 4.79. The fourth-order valence-electron chi connectivity index (χ4n) is 3.12. The van der Waals surface area contributed by atoms with Crippen LogP contribution in [-0.2, 0) is 5.41 Å². The maximum atomic E-state index is 4.79. The zero-order chi connectivity index (χ0) is 20.9. The van der Waals surface area contributed by atoms with Gasteiger partial charge >= 0.3 is 0 Å². The molecule has 0 unspecified atom stereocenters. The Morgan fingerprint density at radius 2 is 1.59 bits per heavy atom. The van der Waals surface area contributed by atoms with Gasteiger partial charge in [0.1, 0.15) is 5.82 Å². The fourth-order valence-corrected chi connectivity index (χ4v) is 3.12. The first kappa shape index (κ1) is 20.8. The van der Waals surface area contributed by atoms with Crippen molar-refractivity contribution in [2.45, 2.75) is 26.2 Å². The summed E-state index contributed by atoms with van der Waals surface area (Å²) in [5, 5.41) is 6.88. The summed E-state index contributed by atoms with van der Waals surface area (Å²) in [6, 6.07) is 20.5. The van der Waals surface area contributed by atoms with Gasteiger partial charge in [0.15, 0.2) is 0 Å². The van der Waals surface area contributed by atoms with E-state index in [9.17, 15) is 0 Å². The second kappa shape index (κ2) is 9.05. The molecule has 0 atom stereocenters. The Morgan fingerprint density at radius 1 is 0.897 bits per heavy atom. The largest absolute Gasteiger partial charge is 0.369 e. The van der Waals surface area contributed by atoms with Gasteiger partial charge in [-0.05, 0) is 31.1 Å². The smallest absolute Gasteiger partial charge is 0.229 e. The van der Waals surface area contributed by atoms with E-state index in [4.69, 9.17) is 9.97 Å². The van der Waals surface area contributed by atoms with Crippen molar-refractivity contribution in [1.82, 2.24) is 14.9 Å². The Balaban J connectivity index is 1.95. The minimum atomic E-state index is 0.0213. The lowest BCUT2D eigenvalue weighted by Gasteiger charge is -2.23. The lowest BCUT2D eigenvalue weighted by Crippen LogP contribution is -2.21. The van der Waals surface area contributed by atoms with Crippen LogP contribution < -0.4 is 10.6 Å². The standard InChI is InChI=1S/C24H31N5/c1-24(2,3)19-13-9-10-14-20(19)26-23-27-21(18-11-7-6-8-12-18)17-22(28-23)25-15-16-29(4)5/h6-14,17H,15-16H2,1-5H3,(H2,25,26,27,28). The fraction of sp³-hybridized carbons (Fsp3) is 0.333. The lowest BCUT2D eigenvalue weighted by molar-refractivity contribution is 0.425. The van der Waals surface area contributed by atoms with Gasteiger partial charge in [-0.1, -0.05) is 69.3 Å². The van der Waals surface area contributed by atoms with Crippen molar-refractivity contribution in [3.63, 3.8) is 0 Å². The highest BCUT2D eigenvalue weighted by Gasteiger charge is 2.18. The minimum absolute atomic E-state index is 0.0213. The summed E-state index contributed by atoms with van der Waals surface area (Å²) < 4.78 is 0. The summed E-state index contributed by atoms with van der Waals surface area (Å²) in [5.74, 6) is 1.41. The molecular formula is C24H31N5. The number of para-hydroxylation sites is 1. The highest BCUT2D eigenvalue weighted by atomic mass is 15.2. The van der Waals surface area contributed by atoms with Crippen LogP contribution in [0.5, 0.6) is 0 Å². The molecule has 5 nitrogen and oxygen atoms in total. The van der Waals surface area contributed by atoms with Crippen LogP contribution in [0.1, 0.15) is 26.3 Å². The molecule has 0 amide bonds. The molecule has 0 saturated heterocycles. The summed E-state index contributed by atoms with van der Waals surface area (Å²) in [6.07, 6.45) is 0. The van der Waals surface area contributed by atoms with E-state index in [-0.39, 0.29) is 5.41 Å². The molecule has 152 valence electrons. The molecule has 0 aliphatic carbocycles. The predicted molar refractivity (Wildman–Crippen MR) is 123 cm³/mol. The molecule has 5 heteroatoms. The van der Waals surface area contributed by atoms with Crippen LogP contribution in [0.4, 0.5) is 17.5 Å². The third-order valence-electron chi connectivity index (χ3n) is 4.64. The van der Waals surface area contributed by atoms with Crippen LogP contribution in [0.2, 0.25) is 0 Å². The highest BCUT2D eigenvalue weighted by molar-refractivity contribution is 5.67. The van der Waals surface area contributed by atoms with Crippen LogP contribution in [0.3, 0.4) is 0 Å². The average Bonchev–Trinajstić information content (AvgIpc) is 2.68. The van der Waals surface area contributed by atoms with Gasteiger partial charge in [0, 0.05) is 30.4 Å². The summed E-state index contributed by atoms with van der Waals surface area (Å²) in [6.45, 7) is 8.38. The number of hydrogen-bond donors (Lipinski definition) is 2. The summed E-state index contributed by atoms with van der Waals surface area (Å²) in [5.41, 5.74) is 4.25. The first-order chi connectivity index (χ1) is 13.8. The van der Waals surface area contributed by atoms with Crippen molar-refractivity contribution in [3.8, 4) is 11.3 Å². The molecule has 0 aliphatic heterocycles. The van der Waals surface area contributed by atoms with Gasteiger partial charge in [-0.15, -0.1) is 0 Å². The van der Waals surface area contributed by atoms with Crippen molar-refractivity contribution in [3.05, 3.63) is 66.2 Å². The monoisotopic (exact) mass is 389 g/mol. The number of likely N-dealkylation sites (N-methyl/N-ethyl adjacent to an activating group) is 1. The summed E-state index contributed by atoms with van der Waals surface area (Å²) in [7, 11) is 4.13. The molecule has 3 rings (SSSR count). The molecular weight excluding hydrogens is 358 g/mol. The number of anilines is 3. The molecule has 0 spiro atoms. The molecule has 29 heavy (non-hydrogen) atoms. The minimum Gasteiger partial charge on any atom is -0.369 e. The van der Waals surface area contributed by atoms with Gasteiger partial charge < -0.3 is 15.5 Å². The van der Waals surface area contributed by atoms with Gasteiger partial charge in [-0.2, -0.15) is 4.98 Å². The van der Waals surface area contributed by atoms with Gasteiger partial charge in [0.25, 0.3) is 0 Å². The van der Waals surface area contributed by atoms with E-state index in [1.807, 2.05) is 30.3 Å². The van der Waals surface area contributed by atoms with Crippen molar-refractivity contribution in [1.29, 1.82) is 0 Å². The number of hydrogen-bond acceptors (Lipinski definition) is 5. The van der Waals surface area contributed by atoms with Crippen LogP contribution >= 0.6 is 0 Å². The summed E-state index contributed by atoms with van der Waals surface area (Å²) in [4.78, 5) is 11.7. The number of rotatable bonds is 7. The Kier molecular flexibility index (Phi) is 6.49. The van der Waals surface area contributed by atoms with Gasteiger partial charge in [0.05, 0.1) is 5.69 Å². The maximum Gasteiger partial charge on any atom is 0.229 e. The van der Waals surface area contributed by atoms with Gasteiger partial charge in [-0.3, -0.25) is 0 Å². The molecule has 0 bridgehead atoms. The van der Waals surface area contributed by atoms with Crippen molar-refractivity contribution >= 4 is 17.5 Å². The highest BCUT2D eigenvalue weighted by Crippen LogP contribution is 2.31. The van der Waals surface area contributed by atoms with E-state index < -0.39 is 0 Å². The quantitative estimate of drug-likeness (QED) is 0.585. The molecule has 1 heterocycles. The van der Waals surface area contributed by atoms with Crippen LogP contribution in [0, 0.1) is 0 Å². The third kappa shape index (κ3) is 5.78. The molecule has 0 aliphatic rings. The molecule has 0 fully saturated rings. The molecule has 2 N–H and O–H groups in total. The Bertz CT molecular complexity index is 930. The first-order valence-electron chi connectivity index (χ1n) is 10.0. The summed E-state index contributed by atoms with van der Waals surface area (Å²) >= 11 is 0. The van der Waals surface area contributed by atoms with E-state index >= 15 is 0 Å². The zero-order valence-electron chi connectivity index (χ0n) is 18.0. The number of nitrogens with one attached hydrogen (secondary N) is 2. The molecule has 0 radical (unpaired) electrons. The second-order valence-electron chi connectivity index (χ2n) is 8.48. The van der Waals surface area contributed by atoms with E-state index in [0.29, 0.717) is 5.95 Å². The normalized spacial score (nSPS) is 11.5. The van der Waals surface area contributed by atoms with Crippen molar-refractivity contribution in [2.75, 3.05) is 37.8 Å². The molecule has 3 aromatic rings.